The van der Waals surface area contributed by atoms with Gasteiger partial charge in [0.05, 0.1) is 0 Å². The first kappa shape index (κ1) is 19.1. The van der Waals surface area contributed by atoms with E-state index in [1.54, 1.807) is 24.3 Å². The highest BCUT2D eigenvalue weighted by molar-refractivity contribution is 5.94. The highest BCUT2D eigenvalue weighted by atomic mass is 16.4. The fourth-order valence-electron chi connectivity index (χ4n) is 1.92. The Morgan fingerprint density at radius 2 is 1.17 bits per heavy atom. The van der Waals surface area contributed by atoms with E-state index >= 15 is 0 Å². The zero-order chi connectivity index (χ0) is 17.9. The average molecular weight is 336 g/mol. The maximum absolute atomic E-state index is 11.7. The molecule has 0 saturated carbocycles. The van der Waals surface area contributed by atoms with Crippen LogP contribution < -0.4 is 10.6 Å². The van der Waals surface area contributed by atoms with Gasteiger partial charge in [0, 0.05) is 37.1 Å². The van der Waals surface area contributed by atoms with Crippen LogP contribution in [0.1, 0.15) is 38.5 Å². The van der Waals surface area contributed by atoms with Crippen molar-refractivity contribution in [2.24, 2.45) is 0 Å². The van der Waals surface area contributed by atoms with Crippen LogP contribution in [0.2, 0.25) is 0 Å². The lowest BCUT2D eigenvalue weighted by Crippen LogP contribution is -2.14. The second kappa shape index (κ2) is 9.98. The van der Waals surface area contributed by atoms with Crippen LogP contribution in [0.4, 0.5) is 11.4 Å². The summed E-state index contributed by atoms with van der Waals surface area (Å²) in [5.74, 6) is -2.51. The number of carbonyl (C=O) groups is 4. The monoisotopic (exact) mass is 336 g/mol. The molecule has 8 nitrogen and oxygen atoms in total. The maximum Gasteiger partial charge on any atom is 0.303 e. The SMILES string of the molecule is O=C(O)CCCC(=O)Nc1cccc(NC(=O)CCCC(=O)O)c1. The average Bonchev–Trinajstić information content (AvgIpc) is 2.46. The van der Waals surface area contributed by atoms with E-state index in [-0.39, 0.29) is 50.3 Å². The quantitative estimate of drug-likeness (QED) is 0.517. The lowest BCUT2D eigenvalue weighted by atomic mass is 10.2. The third-order valence-electron chi connectivity index (χ3n) is 3.02. The Kier molecular flexibility index (Phi) is 7.97. The molecular weight excluding hydrogens is 316 g/mol. The molecule has 2 amide bonds. The van der Waals surface area contributed by atoms with Crippen LogP contribution in [0.3, 0.4) is 0 Å². The van der Waals surface area contributed by atoms with Crippen molar-refractivity contribution in [2.45, 2.75) is 38.5 Å². The van der Waals surface area contributed by atoms with Crippen molar-refractivity contribution in [3.63, 3.8) is 0 Å². The summed E-state index contributed by atoms with van der Waals surface area (Å²) >= 11 is 0. The molecule has 0 heterocycles. The summed E-state index contributed by atoms with van der Waals surface area (Å²) in [6, 6.07) is 6.52. The Balaban J connectivity index is 2.45. The first-order valence-corrected chi connectivity index (χ1v) is 7.50. The van der Waals surface area contributed by atoms with E-state index in [1.807, 2.05) is 0 Å². The number of benzene rings is 1. The Morgan fingerprint density at radius 1 is 0.750 bits per heavy atom. The molecule has 0 aromatic heterocycles. The van der Waals surface area contributed by atoms with Crippen LogP contribution in [0, 0.1) is 0 Å². The molecule has 0 bridgehead atoms. The van der Waals surface area contributed by atoms with E-state index in [2.05, 4.69) is 10.6 Å². The van der Waals surface area contributed by atoms with Crippen molar-refractivity contribution in [2.75, 3.05) is 10.6 Å². The summed E-state index contributed by atoms with van der Waals surface area (Å²) < 4.78 is 0. The van der Waals surface area contributed by atoms with Gasteiger partial charge in [-0.05, 0) is 31.0 Å². The van der Waals surface area contributed by atoms with Crippen LogP contribution in [-0.4, -0.2) is 34.0 Å². The molecule has 0 radical (unpaired) electrons. The summed E-state index contributed by atoms with van der Waals surface area (Å²) in [7, 11) is 0. The van der Waals surface area contributed by atoms with Gasteiger partial charge in [0.2, 0.25) is 11.8 Å². The number of amides is 2. The van der Waals surface area contributed by atoms with Gasteiger partial charge in [-0.25, -0.2) is 0 Å². The molecule has 1 rings (SSSR count). The topological polar surface area (TPSA) is 133 Å². The number of carbonyl (C=O) groups excluding carboxylic acids is 2. The van der Waals surface area contributed by atoms with Crippen LogP contribution >= 0.6 is 0 Å². The van der Waals surface area contributed by atoms with E-state index in [0.717, 1.165) is 0 Å². The van der Waals surface area contributed by atoms with Gasteiger partial charge >= 0.3 is 11.9 Å². The molecule has 0 aliphatic heterocycles. The van der Waals surface area contributed by atoms with Gasteiger partial charge < -0.3 is 20.8 Å². The molecule has 8 heteroatoms. The highest BCUT2D eigenvalue weighted by Gasteiger charge is 2.07. The van der Waals surface area contributed by atoms with Gasteiger partial charge in [0.1, 0.15) is 0 Å². The zero-order valence-electron chi connectivity index (χ0n) is 13.1. The molecule has 0 fully saturated rings. The van der Waals surface area contributed by atoms with E-state index in [0.29, 0.717) is 11.4 Å². The molecule has 0 atom stereocenters. The fourth-order valence-corrected chi connectivity index (χ4v) is 1.92. The lowest BCUT2D eigenvalue weighted by molar-refractivity contribution is -0.138. The van der Waals surface area contributed by atoms with Gasteiger partial charge in [-0.3, -0.25) is 19.2 Å². The predicted molar refractivity (Wildman–Crippen MR) is 86.7 cm³/mol. The van der Waals surface area contributed by atoms with Crippen LogP contribution in [-0.2, 0) is 19.2 Å². The number of hydrogen-bond acceptors (Lipinski definition) is 4. The first-order valence-electron chi connectivity index (χ1n) is 7.50. The van der Waals surface area contributed by atoms with Crippen LogP contribution in [0.25, 0.3) is 0 Å². The minimum absolute atomic E-state index is 0.0696. The number of hydrogen-bond donors (Lipinski definition) is 4. The fraction of sp³-hybridized carbons (Fsp3) is 0.375. The molecule has 4 N–H and O–H groups in total. The van der Waals surface area contributed by atoms with E-state index in [4.69, 9.17) is 10.2 Å². The summed E-state index contributed by atoms with van der Waals surface area (Å²) in [6.07, 6.45) is 0.554. The van der Waals surface area contributed by atoms with E-state index in [1.165, 1.54) is 0 Å². The van der Waals surface area contributed by atoms with Gasteiger partial charge in [-0.15, -0.1) is 0 Å². The van der Waals surface area contributed by atoms with Crippen molar-refractivity contribution in [3.8, 4) is 0 Å². The van der Waals surface area contributed by atoms with Gasteiger partial charge in [-0.1, -0.05) is 6.07 Å². The van der Waals surface area contributed by atoms with E-state index < -0.39 is 11.9 Å². The number of carboxylic acids is 2. The predicted octanol–water partition coefficient (Wildman–Crippen LogP) is 2.07. The number of aliphatic carboxylic acids is 2. The Morgan fingerprint density at radius 3 is 1.54 bits per heavy atom. The van der Waals surface area contributed by atoms with Crippen molar-refractivity contribution in [1.29, 1.82) is 0 Å². The number of carboxylic acid groups (broad SMARTS) is 2. The number of nitrogens with one attached hydrogen (secondary N) is 2. The summed E-state index contributed by atoms with van der Waals surface area (Å²) in [5.41, 5.74) is 0.970. The van der Waals surface area contributed by atoms with Gasteiger partial charge in [0.25, 0.3) is 0 Å². The molecule has 0 aliphatic carbocycles. The molecule has 0 unspecified atom stereocenters. The zero-order valence-corrected chi connectivity index (χ0v) is 13.1. The Labute approximate surface area is 138 Å². The van der Waals surface area contributed by atoms with Crippen molar-refractivity contribution in [1.82, 2.24) is 0 Å². The second-order valence-electron chi connectivity index (χ2n) is 5.17. The van der Waals surface area contributed by atoms with Crippen LogP contribution in [0.15, 0.2) is 24.3 Å². The van der Waals surface area contributed by atoms with Gasteiger partial charge in [0.15, 0.2) is 0 Å². The van der Waals surface area contributed by atoms with Gasteiger partial charge in [-0.2, -0.15) is 0 Å². The molecule has 0 spiro atoms. The standard InChI is InChI=1S/C16H20N2O6/c19-13(6-2-8-15(21)22)17-11-4-1-5-12(10-11)18-14(20)7-3-9-16(23)24/h1,4-5,10H,2-3,6-9H2,(H,17,19)(H,18,20)(H,21,22)(H,23,24). The molecule has 130 valence electrons. The minimum Gasteiger partial charge on any atom is -0.481 e. The molecule has 0 aliphatic rings. The smallest absolute Gasteiger partial charge is 0.303 e. The molecular formula is C16H20N2O6. The highest BCUT2D eigenvalue weighted by Crippen LogP contribution is 2.16. The molecule has 24 heavy (non-hydrogen) atoms. The summed E-state index contributed by atoms with van der Waals surface area (Å²) in [4.78, 5) is 44.2. The van der Waals surface area contributed by atoms with Crippen molar-refractivity contribution in [3.05, 3.63) is 24.3 Å². The van der Waals surface area contributed by atoms with Crippen molar-refractivity contribution >= 4 is 35.1 Å². The number of anilines is 2. The largest absolute Gasteiger partial charge is 0.481 e. The summed E-state index contributed by atoms with van der Waals surface area (Å²) in [6.45, 7) is 0. The Bertz CT molecular complexity index is 565. The third-order valence-corrected chi connectivity index (χ3v) is 3.02. The van der Waals surface area contributed by atoms with Crippen LogP contribution in [0.5, 0.6) is 0 Å². The minimum atomic E-state index is -0.949. The third kappa shape index (κ3) is 8.52. The molecule has 1 aromatic carbocycles. The maximum atomic E-state index is 11.7. The second-order valence-corrected chi connectivity index (χ2v) is 5.17. The number of rotatable bonds is 10. The Hall–Kier alpha value is -2.90. The van der Waals surface area contributed by atoms with Crippen molar-refractivity contribution < 1.29 is 29.4 Å². The first-order chi connectivity index (χ1) is 11.4. The molecule has 0 saturated heterocycles. The summed E-state index contributed by atoms with van der Waals surface area (Å²) in [5, 5.41) is 22.3. The normalized spacial score (nSPS) is 10.0. The van der Waals surface area contributed by atoms with E-state index in [9.17, 15) is 19.2 Å². The lowest BCUT2D eigenvalue weighted by Gasteiger charge is -2.08. The molecule has 1 aromatic rings.